The zero-order chi connectivity index (χ0) is 15.5. The molecule has 0 saturated heterocycles. The number of primary amides is 1. The number of hydrogen-bond donors (Lipinski definition) is 3. The van der Waals surface area contributed by atoms with Crippen molar-refractivity contribution >= 4 is 43.6 Å². The molecule has 1 aromatic heterocycles. The maximum absolute atomic E-state index is 11.4. The number of thiophene rings is 1. The van der Waals surface area contributed by atoms with Crippen LogP contribution in [0.4, 0.5) is 10.7 Å². The molecule has 0 atom stereocenters. The number of ketones is 1. The summed E-state index contributed by atoms with van der Waals surface area (Å²) >= 11 is 0.999. The highest BCUT2D eigenvalue weighted by atomic mass is 32.2. The van der Waals surface area contributed by atoms with Crippen LogP contribution < -0.4 is 16.8 Å². The lowest BCUT2D eigenvalue weighted by Crippen LogP contribution is -2.19. The predicted molar refractivity (Wildman–Crippen MR) is 80.1 cm³/mol. The lowest BCUT2D eigenvalue weighted by Gasteiger charge is -2.05. The quantitative estimate of drug-likeness (QED) is 0.626. The summed E-state index contributed by atoms with van der Waals surface area (Å²) in [5, 5.41) is 3.13. The molecule has 112 valence electrons. The SMILES string of the molecule is CCS(=O)(=O)CCNc1sc(C(C)=O)c(N)c1C(N)=O. The molecule has 0 aromatic carbocycles. The number of anilines is 2. The van der Waals surface area contributed by atoms with Gasteiger partial charge in [0.1, 0.15) is 5.00 Å². The van der Waals surface area contributed by atoms with Gasteiger partial charge in [-0.25, -0.2) is 8.42 Å². The van der Waals surface area contributed by atoms with Gasteiger partial charge in [-0.15, -0.1) is 11.3 Å². The van der Waals surface area contributed by atoms with Crippen LogP contribution in [0.1, 0.15) is 33.9 Å². The van der Waals surface area contributed by atoms with Crippen molar-refractivity contribution in [2.45, 2.75) is 13.8 Å². The molecule has 0 bridgehead atoms. The van der Waals surface area contributed by atoms with Crippen LogP contribution in [0.25, 0.3) is 0 Å². The molecule has 0 spiro atoms. The Bertz CT molecular complexity index is 634. The van der Waals surface area contributed by atoms with E-state index in [1.165, 1.54) is 6.92 Å². The van der Waals surface area contributed by atoms with Gasteiger partial charge in [0.15, 0.2) is 15.6 Å². The second-order valence-electron chi connectivity index (χ2n) is 4.13. The van der Waals surface area contributed by atoms with Gasteiger partial charge in [-0.1, -0.05) is 6.92 Å². The van der Waals surface area contributed by atoms with E-state index in [2.05, 4.69) is 5.32 Å². The summed E-state index contributed by atoms with van der Waals surface area (Å²) in [6, 6.07) is 0. The van der Waals surface area contributed by atoms with Gasteiger partial charge in [0, 0.05) is 19.2 Å². The van der Waals surface area contributed by atoms with Crippen LogP contribution in [0, 0.1) is 0 Å². The second-order valence-corrected chi connectivity index (χ2v) is 7.63. The van der Waals surface area contributed by atoms with E-state index in [0.29, 0.717) is 5.00 Å². The number of rotatable bonds is 7. The van der Waals surface area contributed by atoms with Crippen LogP contribution in [0.3, 0.4) is 0 Å². The number of nitrogens with one attached hydrogen (secondary N) is 1. The zero-order valence-corrected chi connectivity index (χ0v) is 12.9. The van der Waals surface area contributed by atoms with Crippen molar-refractivity contribution in [1.29, 1.82) is 0 Å². The smallest absolute Gasteiger partial charge is 0.253 e. The van der Waals surface area contributed by atoms with Gasteiger partial charge in [-0.3, -0.25) is 9.59 Å². The lowest BCUT2D eigenvalue weighted by atomic mass is 10.2. The molecule has 5 N–H and O–H groups in total. The number of nitrogens with two attached hydrogens (primary N) is 2. The van der Waals surface area contributed by atoms with E-state index in [0.717, 1.165) is 11.3 Å². The van der Waals surface area contributed by atoms with Crippen LogP contribution in [0.5, 0.6) is 0 Å². The number of Topliss-reactive ketones (excluding diaryl/α,β-unsaturated/α-hetero) is 1. The summed E-state index contributed by atoms with van der Waals surface area (Å²) in [6.07, 6.45) is 0. The fourth-order valence-electron chi connectivity index (χ4n) is 1.54. The maximum atomic E-state index is 11.4. The number of sulfone groups is 1. The predicted octanol–water partition coefficient (Wildman–Crippen LogP) is 0.478. The number of amides is 1. The van der Waals surface area contributed by atoms with E-state index in [1.54, 1.807) is 6.92 Å². The molecule has 0 unspecified atom stereocenters. The average Bonchev–Trinajstić information content (AvgIpc) is 2.66. The minimum absolute atomic E-state index is 0.0362. The van der Waals surface area contributed by atoms with Crippen LogP contribution in [-0.4, -0.2) is 38.2 Å². The molecule has 1 rings (SSSR count). The highest BCUT2D eigenvalue weighted by Gasteiger charge is 2.22. The van der Waals surface area contributed by atoms with Gasteiger partial charge < -0.3 is 16.8 Å². The minimum Gasteiger partial charge on any atom is -0.397 e. The van der Waals surface area contributed by atoms with E-state index < -0.39 is 15.7 Å². The van der Waals surface area contributed by atoms with Gasteiger partial charge in [0.05, 0.1) is 21.9 Å². The van der Waals surface area contributed by atoms with E-state index in [9.17, 15) is 18.0 Å². The van der Waals surface area contributed by atoms with E-state index in [-0.39, 0.29) is 40.0 Å². The Labute approximate surface area is 121 Å². The van der Waals surface area contributed by atoms with Crippen LogP contribution in [0.15, 0.2) is 0 Å². The molecular weight excluding hydrogens is 302 g/mol. The van der Waals surface area contributed by atoms with Gasteiger partial charge in [-0.05, 0) is 0 Å². The van der Waals surface area contributed by atoms with Gasteiger partial charge in [0.2, 0.25) is 0 Å². The Morgan fingerprint density at radius 2 is 1.95 bits per heavy atom. The fraction of sp³-hybridized carbons (Fsp3) is 0.455. The summed E-state index contributed by atoms with van der Waals surface area (Å²) < 4.78 is 22.8. The number of nitrogen functional groups attached to an aromatic ring is 1. The molecule has 9 heteroatoms. The van der Waals surface area contributed by atoms with Gasteiger partial charge in [-0.2, -0.15) is 0 Å². The Hall–Kier alpha value is -1.61. The molecule has 0 aliphatic rings. The molecular formula is C11H17N3O4S2. The number of carbonyl (C=O) groups is 2. The summed E-state index contributed by atoms with van der Waals surface area (Å²) in [4.78, 5) is 23.0. The largest absolute Gasteiger partial charge is 0.397 e. The zero-order valence-electron chi connectivity index (χ0n) is 11.2. The van der Waals surface area contributed by atoms with E-state index in [4.69, 9.17) is 11.5 Å². The Kier molecular flexibility index (Phi) is 5.12. The summed E-state index contributed by atoms with van der Waals surface area (Å²) in [5.41, 5.74) is 11.0. The number of carbonyl (C=O) groups excluding carboxylic acids is 2. The van der Waals surface area contributed by atoms with Gasteiger partial charge >= 0.3 is 0 Å². The molecule has 1 heterocycles. The van der Waals surface area contributed by atoms with Crippen molar-refractivity contribution in [3.63, 3.8) is 0 Å². The fourth-order valence-corrected chi connectivity index (χ4v) is 3.29. The third kappa shape index (κ3) is 3.70. The average molecular weight is 319 g/mol. The molecule has 20 heavy (non-hydrogen) atoms. The van der Waals surface area contributed by atoms with E-state index >= 15 is 0 Å². The maximum Gasteiger partial charge on any atom is 0.253 e. The standard InChI is InChI=1S/C11H17N3O4S2/c1-3-20(17,18)5-4-14-11-7(10(13)16)8(12)9(19-11)6(2)15/h14H,3-5,12H2,1-2H3,(H2,13,16). The van der Waals surface area contributed by atoms with Crippen molar-refractivity contribution in [3.8, 4) is 0 Å². The Morgan fingerprint density at radius 1 is 1.35 bits per heavy atom. The molecule has 0 fully saturated rings. The number of hydrogen-bond acceptors (Lipinski definition) is 7. The lowest BCUT2D eigenvalue weighted by molar-refractivity contribution is 0.100. The van der Waals surface area contributed by atoms with Crippen molar-refractivity contribution in [2.24, 2.45) is 5.73 Å². The minimum atomic E-state index is -3.11. The Morgan fingerprint density at radius 3 is 2.40 bits per heavy atom. The van der Waals surface area contributed by atoms with Crippen molar-refractivity contribution in [3.05, 3.63) is 10.4 Å². The van der Waals surface area contributed by atoms with Gasteiger partial charge in [0.25, 0.3) is 5.91 Å². The first-order chi connectivity index (χ1) is 9.19. The molecule has 0 aliphatic carbocycles. The van der Waals surface area contributed by atoms with Crippen molar-refractivity contribution in [2.75, 3.05) is 29.1 Å². The third-order valence-corrected chi connectivity index (χ3v) is 5.62. The topological polar surface area (TPSA) is 132 Å². The first-order valence-electron chi connectivity index (χ1n) is 5.87. The van der Waals surface area contributed by atoms with Crippen LogP contribution in [0.2, 0.25) is 0 Å². The Balaban J connectivity index is 2.98. The summed E-state index contributed by atoms with van der Waals surface area (Å²) in [6.45, 7) is 3.01. The summed E-state index contributed by atoms with van der Waals surface area (Å²) in [7, 11) is -3.11. The third-order valence-electron chi connectivity index (χ3n) is 2.65. The first-order valence-corrected chi connectivity index (χ1v) is 8.50. The normalized spacial score (nSPS) is 11.3. The van der Waals surface area contributed by atoms with Crippen LogP contribution in [-0.2, 0) is 9.84 Å². The molecule has 0 aliphatic heterocycles. The second kappa shape index (κ2) is 6.23. The molecule has 7 nitrogen and oxygen atoms in total. The molecule has 1 amide bonds. The summed E-state index contributed by atoms with van der Waals surface area (Å²) in [5.74, 6) is -1.06. The first kappa shape index (κ1) is 16.4. The van der Waals surface area contributed by atoms with E-state index in [1.807, 2.05) is 0 Å². The molecule has 1 aromatic rings. The highest BCUT2D eigenvalue weighted by Crippen LogP contribution is 2.35. The highest BCUT2D eigenvalue weighted by molar-refractivity contribution is 7.91. The van der Waals surface area contributed by atoms with Crippen molar-refractivity contribution in [1.82, 2.24) is 0 Å². The molecule has 0 saturated carbocycles. The van der Waals surface area contributed by atoms with Crippen molar-refractivity contribution < 1.29 is 18.0 Å². The van der Waals surface area contributed by atoms with Crippen LogP contribution >= 0.6 is 11.3 Å². The monoisotopic (exact) mass is 319 g/mol. The molecule has 0 radical (unpaired) electrons.